The molecule has 10 heteroatoms. The van der Waals surface area contributed by atoms with Crippen molar-refractivity contribution >= 4 is 31.6 Å². The Labute approximate surface area is 149 Å². The van der Waals surface area contributed by atoms with Gasteiger partial charge in [0.15, 0.2) is 0 Å². The number of anilines is 1. The Morgan fingerprint density at radius 2 is 1.96 bits per heavy atom. The number of H-pyrrole nitrogens is 1. The van der Waals surface area contributed by atoms with Crippen LogP contribution in [0.1, 0.15) is 17.7 Å². The largest absolute Gasteiger partial charge is 0.363 e. The zero-order chi connectivity index (χ0) is 18.4. The highest BCUT2D eigenvalue weighted by Gasteiger charge is 2.32. The Kier molecular flexibility index (Phi) is 4.84. The number of rotatable bonds is 4. The SMILES string of the molecule is O=S(=O)(Nc1cc(F)c(Br)cc1F)c1c[nH]c2c1CCC(C(F)F)C2. The van der Waals surface area contributed by atoms with Crippen LogP contribution in [-0.2, 0) is 22.9 Å². The summed E-state index contributed by atoms with van der Waals surface area (Å²) in [6.45, 7) is 0. The van der Waals surface area contributed by atoms with Gasteiger partial charge in [-0.1, -0.05) is 0 Å². The number of alkyl halides is 2. The van der Waals surface area contributed by atoms with Crippen molar-refractivity contribution in [2.45, 2.75) is 30.6 Å². The van der Waals surface area contributed by atoms with Crippen LogP contribution in [0.3, 0.4) is 0 Å². The van der Waals surface area contributed by atoms with Gasteiger partial charge in [-0.05, 0) is 46.8 Å². The standard InChI is InChI=1S/C15H13BrF4N2O2S/c16-9-4-11(18)13(5-10(9)17)22-25(23,24)14-6-21-12-3-7(15(19)20)1-2-8(12)14/h4-7,15,21-22H,1-3H2. The lowest BCUT2D eigenvalue weighted by Gasteiger charge is -2.22. The van der Waals surface area contributed by atoms with Gasteiger partial charge in [0.2, 0.25) is 6.43 Å². The van der Waals surface area contributed by atoms with Crippen LogP contribution in [0.15, 0.2) is 27.7 Å². The predicted molar refractivity (Wildman–Crippen MR) is 87.2 cm³/mol. The molecule has 0 radical (unpaired) electrons. The van der Waals surface area contributed by atoms with Crippen LogP contribution >= 0.6 is 15.9 Å². The molecule has 25 heavy (non-hydrogen) atoms. The second-order valence-corrected chi connectivity index (χ2v) is 8.30. The summed E-state index contributed by atoms with van der Waals surface area (Å²) in [5, 5.41) is 0. The maximum absolute atomic E-state index is 13.9. The fourth-order valence-corrected chi connectivity index (χ4v) is 4.52. The highest BCUT2D eigenvalue weighted by molar-refractivity contribution is 9.10. The first-order valence-corrected chi connectivity index (χ1v) is 9.61. The zero-order valence-electron chi connectivity index (χ0n) is 12.6. The average molecular weight is 441 g/mol. The summed E-state index contributed by atoms with van der Waals surface area (Å²) < 4.78 is 80.0. The Hall–Kier alpha value is -1.55. The molecular formula is C15H13BrF4N2O2S. The van der Waals surface area contributed by atoms with Gasteiger partial charge in [-0.3, -0.25) is 4.72 Å². The summed E-state index contributed by atoms with van der Waals surface area (Å²) in [7, 11) is -4.19. The molecule has 2 N–H and O–H groups in total. The van der Waals surface area contributed by atoms with E-state index in [0.717, 1.165) is 12.1 Å². The van der Waals surface area contributed by atoms with Gasteiger partial charge >= 0.3 is 0 Å². The van der Waals surface area contributed by atoms with Crippen LogP contribution in [0, 0.1) is 17.6 Å². The lowest BCUT2D eigenvalue weighted by molar-refractivity contribution is 0.0689. The number of aromatic nitrogens is 1. The van der Waals surface area contributed by atoms with Gasteiger partial charge in [0.25, 0.3) is 10.0 Å². The van der Waals surface area contributed by atoms with Gasteiger partial charge in [-0.15, -0.1) is 0 Å². The summed E-state index contributed by atoms with van der Waals surface area (Å²) in [6, 6.07) is 1.54. The van der Waals surface area contributed by atoms with Crippen molar-refractivity contribution in [2.75, 3.05) is 4.72 Å². The van der Waals surface area contributed by atoms with Crippen LogP contribution < -0.4 is 4.72 Å². The van der Waals surface area contributed by atoms with Crippen molar-refractivity contribution in [3.05, 3.63) is 45.7 Å². The average Bonchev–Trinajstić information content (AvgIpc) is 2.96. The lowest BCUT2D eigenvalue weighted by atomic mass is 9.88. The Balaban J connectivity index is 1.91. The normalized spacial score (nSPS) is 17.6. The van der Waals surface area contributed by atoms with Crippen LogP contribution in [0.4, 0.5) is 23.2 Å². The smallest absolute Gasteiger partial charge is 0.263 e. The number of benzene rings is 1. The Bertz CT molecular complexity index is 914. The van der Waals surface area contributed by atoms with Gasteiger partial charge in [0.05, 0.1) is 10.2 Å². The fraction of sp³-hybridized carbons (Fsp3) is 0.333. The van der Waals surface area contributed by atoms with Crippen LogP contribution in [0.5, 0.6) is 0 Å². The maximum atomic E-state index is 13.9. The van der Waals surface area contributed by atoms with Crippen LogP contribution in [-0.4, -0.2) is 19.8 Å². The molecule has 3 rings (SSSR count). The van der Waals surface area contributed by atoms with Gasteiger partial charge in [-0.25, -0.2) is 26.0 Å². The third-order valence-electron chi connectivity index (χ3n) is 4.17. The molecule has 0 spiro atoms. The quantitative estimate of drug-likeness (QED) is 0.551. The first-order chi connectivity index (χ1) is 11.7. The van der Waals surface area contributed by atoms with Crippen molar-refractivity contribution in [1.29, 1.82) is 0 Å². The molecule has 4 nitrogen and oxygen atoms in total. The number of hydrogen-bond acceptors (Lipinski definition) is 2. The first kappa shape index (κ1) is 18.2. The molecule has 136 valence electrons. The van der Waals surface area contributed by atoms with Crippen molar-refractivity contribution in [3.8, 4) is 0 Å². The van der Waals surface area contributed by atoms with Crippen molar-refractivity contribution in [2.24, 2.45) is 5.92 Å². The Morgan fingerprint density at radius 3 is 2.64 bits per heavy atom. The van der Waals surface area contributed by atoms with Crippen LogP contribution in [0.25, 0.3) is 0 Å². The monoisotopic (exact) mass is 440 g/mol. The summed E-state index contributed by atoms with van der Waals surface area (Å²) in [6.07, 6.45) is -0.916. The van der Waals surface area contributed by atoms with E-state index in [1.54, 1.807) is 0 Å². The molecule has 0 fully saturated rings. The van der Waals surface area contributed by atoms with Gasteiger partial charge in [0.1, 0.15) is 16.5 Å². The molecule has 1 aromatic heterocycles. The van der Waals surface area contributed by atoms with Crippen molar-refractivity contribution in [1.82, 2.24) is 4.98 Å². The van der Waals surface area contributed by atoms with Crippen LogP contribution in [0.2, 0.25) is 0 Å². The second kappa shape index (κ2) is 6.64. The third-order valence-corrected chi connectivity index (χ3v) is 6.21. The number of sulfonamides is 1. The summed E-state index contributed by atoms with van der Waals surface area (Å²) in [5.41, 5.74) is 0.304. The van der Waals surface area contributed by atoms with E-state index in [1.165, 1.54) is 6.20 Å². The van der Waals surface area contributed by atoms with E-state index < -0.39 is 39.7 Å². The molecule has 0 saturated carbocycles. The second-order valence-electron chi connectivity index (χ2n) is 5.80. The van der Waals surface area contributed by atoms with Gasteiger partial charge in [-0.2, -0.15) is 0 Å². The van der Waals surface area contributed by atoms with E-state index in [-0.39, 0.29) is 28.6 Å². The molecule has 0 aliphatic heterocycles. The van der Waals surface area contributed by atoms with E-state index in [9.17, 15) is 26.0 Å². The highest BCUT2D eigenvalue weighted by Crippen LogP contribution is 2.34. The first-order valence-electron chi connectivity index (χ1n) is 7.33. The highest BCUT2D eigenvalue weighted by atomic mass is 79.9. The maximum Gasteiger partial charge on any atom is 0.263 e. The number of hydrogen-bond donors (Lipinski definition) is 2. The van der Waals surface area contributed by atoms with E-state index >= 15 is 0 Å². The van der Waals surface area contributed by atoms with E-state index in [4.69, 9.17) is 0 Å². The number of nitrogens with one attached hydrogen (secondary N) is 2. The van der Waals surface area contributed by atoms with E-state index in [1.807, 2.05) is 4.72 Å². The number of fused-ring (bicyclic) bond motifs is 1. The molecule has 1 unspecified atom stereocenters. The van der Waals surface area contributed by atoms with E-state index in [2.05, 4.69) is 20.9 Å². The summed E-state index contributed by atoms with van der Waals surface area (Å²) in [4.78, 5) is 2.57. The molecule has 1 heterocycles. The number of halogens is 5. The summed E-state index contributed by atoms with van der Waals surface area (Å²) in [5.74, 6) is -2.60. The lowest BCUT2D eigenvalue weighted by Crippen LogP contribution is -2.22. The molecule has 1 aromatic carbocycles. The molecule has 0 bridgehead atoms. The molecule has 1 aliphatic carbocycles. The van der Waals surface area contributed by atoms with E-state index in [0.29, 0.717) is 11.3 Å². The molecular weight excluding hydrogens is 428 g/mol. The minimum absolute atomic E-state index is 0.0454. The zero-order valence-corrected chi connectivity index (χ0v) is 15.0. The fourth-order valence-electron chi connectivity index (χ4n) is 2.88. The van der Waals surface area contributed by atoms with Crippen molar-refractivity contribution in [3.63, 3.8) is 0 Å². The summed E-state index contributed by atoms with van der Waals surface area (Å²) >= 11 is 2.81. The van der Waals surface area contributed by atoms with Crippen molar-refractivity contribution < 1.29 is 26.0 Å². The minimum atomic E-state index is -4.19. The van der Waals surface area contributed by atoms with Gasteiger partial charge < -0.3 is 4.98 Å². The molecule has 0 saturated heterocycles. The molecule has 1 atom stereocenters. The minimum Gasteiger partial charge on any atom is -0.363 e. The molecule has 1 aliphatic rings. The molecule has 0 amide bonds. The number of aromatic amines is 1. The predicted octanol–water partition coefficient (Wildman–Crippen LogP) is 4.23. The third kappa shape index (κ3) is 3.55. The Morgan fingerprint density at radius 1 is 1.24 bits per heavy atom. The topological polar surface area (TPSA) is 62.0 Å². The molecule has 2 aromatic rings. The van der Waals surface area contributed by atoms with Gasteiger partial charge in [0, 0.05) is 23.9 Å².